The highest BCUT2D eigenvalue weighted by Gasteiger charge is 2.59. The maximum absolute atomic E-state index is 13.0. The van der Waals surface area contributed by atoms with Gasteiger partial charge in [0.25, 0.3) is 0 Å². The molecule has 6 aliphatic heterocycles. The number of carbonyl (C=O) groups is 1. The number of carboxylic acid groups (broad SMARTS) is 1. The van der Waals surface area contributed by atoms with Crippen molar-refractivity contribution in [1.29, 1.82) is 0 Å². The molecule has 0 spiro atoms. The van der Waals surface area contributed by atoms with Gasteiger partial charge in [-0.25, -0.2) is 4.79 Å². The number of hydrogen-bond acceptors (Lipinski definition) is 28. The van der Waals surface area contributed by atoms with E-state index in [0.717, 1.165) is 0 Å². The van der Waals surface area contributed by atoms with Crippen molar-refractivity contribution in [1.82, 2.24) is 0 Å². The monoisotopic (exact) mass is 1030 g/mol. The number of hydrogen-bond donors (Lipinski definition) is 16. The number of rotatable bonds is 18. The van der Waals surface area contributed by atoms with Crippen LogP contribution < -0.4 is 5.73 Å². The van der Waals surface area contributed by atoms with Crippen molar-refractivity contribution in [2.75, 3.05) is 19.8 Å². The number of carboxylic acids is 1. The quantitative estimate of drug-likeness (QED) is 0.0567. The Labute approximate surface area is 400 Å². The first-order valence-corrected chi connectivity index (χ1v) is 23.2. The van der Waals surface area contributed by atoms with Gasteiger partial charge in [-0.1, -0.05) is 0 Å². The summed E-state index contributed by atoms with van der Waals surface area (Å²) < 4.78 is 70.0. The van der Waals surface area contributed by atoms with Crippen LogP contribution in [0.15, 0.2) is 0 Å². The van der Waals surface area contributed by atoms with E-state index >= 15 is 0 Å². The van der Waals surface area contributed by atoms with Crippen molar-refractivity contribution >= 4 is 5.97 Å². The van der Waals surface area contributed by atoms with E-state index in [1.807, 2.05) is 0 Å². The molecule has 30 atom stereocenters. The summed E-state index contributed by atoms with van der Waals surface area (Å²) in [6.07, 6.45) is -53.0. The first-order chi connectivity index (χ1) is 33.0. The minimum absolute atomic E-state index is 0.109. The average Bonchev–Trinajstić information content (AvgIpc) is 3.32. The zero-order valence-electron chi connectivity index (χ0n) is 38.7. The third kappa shape index (κ3) is 12.4. The fraction of sp³-hybridized carbons (Fsp3) is 0.976. The lowest BCUT2D eigenvalue weighted by molar-refractivity contribution is -0.411. The van der Waals surface area contributed by atoms with Crippen LogP contribution in [0.4, 0.5) is 0 Å². The predicted molar refractivity (Wildman–Crippen MR) is 221 cm³/mol. The van der Waals surface area contributed by atoms with E-state index in [4.69, 9.17) is 62.6 Å². The highest BCUT2D eigenvalue weighted by atomic mass is 16.8. The van der Waals surface area contributed by atoms with Gasteiger partial charge in [0.15, 0.2) is 43.8 Å². The zero-order valence-corrected chi connectivity index (χ0v) is 38.7. The van der Waals surface area contributed by atoms with Crippen molar-refractivity contribution in [2.24, 2.45) is 5.73 Å². The molecular formula is C41H71NO28. The molecule has 18 unspecified atom stereocenters. The summed E-state index contributed by atoms with van der Waals surface area (Å²) in [5.74, 6) is -1.88. The normalized spacial score (nSPS) is 51.5. The third-order valence-electron chi connectivity index (χ3n) is 13.4. The fourth-order valence-electron chi connectivity index (χ4n) is 8.94. The molecule has 29 heteroatoms. The number of nitrogens with two attached hydrogens (primary N) is 1. The van der Waals surface area contributed by atoms with Crippen LogP contribution >= 0.6 is 0 Å². The van der Waals surface area contributed by atoms with Crippen LogP contribution in [-0.4, -0.2) is 287 Å². The van der Waals surface area contributed by atoms with Crippen LogP contribution in [0.25, 0.3) is 0 Å². The first kappa shape index (κ1) is 57.7. The summed E-state index contributed by atoms with van der Waals surface area (Å²) in [5, 5.41) is 163. The van der Waals surface area contributed by atoms with Gasteiger partial charge in [-0.2, -0.15) is 0 Å². The molecular weight excluding hydrogens is 954 g/mol. The summed E-state index contributed by atoms with van der Waals surface area (Å²) in [5.41, 5.74) is 5.59. The molecule has 6 heterocycles. The Balaban J connectivity index is 1.30. The van der Waals surface area contributed by atoms with Crippen LogP contribution in [0.2, 0.25) is 0 Å². The van der Waals surface area contributed by atoms with E-state index in [2.05, 4.69) is 0 Å². The summed E-state index contributed by atoms with van der Waals surface area (Å²) in [6, 6.07) is 0. The van der Waals surface area contributed by atoms with Crippen LogP contribution in [0.1, 0.15) is 47.0 Å². The number of ether oxygens (including phenoxy) is 12. The maximum Gasteiger partial charge on any atom is 0.335 e. The first-order valence-electron chi connectivity index (χ1n) is 23.2. The Kier molecular flexibility index (Phi) is 20.4. The Morgan fingerprint density at radius 2 is 0.800 bits per heavy atom. The van der Waals surface area contributed by atoms with E-state index in [0.29, 0.717) is 25.8 Å². The molecule has 0 aromatic rings. The largest absolute Gasteiger partial charge is 0.479 e. The summed E-state index contributed by atoms with van der Waals surface area (Å²) in [6.45, 7) is 5.03. The van der Waals surface area contributed by atoms with Crippen LogP contribution in [-0.2, 0) is 61.6 Å². The second-order valence-electron chi connectivity index (χ2n) is 18.4. The summed E-state index contributed by atoms with van der Waals surface area (Å²) in [4.78, 5) is 13.0. The van der Waals surface area contributed by atoms with Crippen molar-refractivity contribution in [2.45, 2.75) is 231 Å². The van der Waals surface area contributed by atoms with Gasteiger partial charge in [-0.05, 0) is 53.5 Å². The summed E-state index contributed by atoms with van der Waals surface area (Å²) >= 11 is 0. The van der Waals surface area contributed by atoms with Crippen molar-refractivity contribution < 1.29 is 138 Å². The SMILES string of the molecule is CC1O[C@@H](O[C@H]2C(C(=O)O)O[C@H](OC3C(O)[C@@H](O)C(C)O[C@H]3OC3C(O)[C@@H](O)C(C)O[C@H]3OC3C(O)[C@@H](O)C(C)O[C@H]3OCCCCCN)C(O)C2O[C@@H]2OC(CO)[C@H](O)C(O)C2O)C(O)C(O)[C@H]1O. The molecule has 29 nitrogen and oxygen atoms in total. The molecule has 70 heavy (non-hydrogen) atoms. The smallest absolute Gasteiger partial charge is 0.335 e. The van der Waals surface area contributed by atoms with Gasteiger partial charge in [0.2, 0.25) is 0 Å². The molecule has 6 saturated heterocycles. The lowest BCUT2D eigenvalue weighted by atomic mass is 9.95. The van der Waals surface area contributed by atoms with Gasteiger partial charge in [0, 0.05) is 6.61 Å². The van der Waals surface area contributed by atoms with Crippen molar-refractivity contribution in [3.63, 3.8) is 0 Å². The van der Waals surface area contributed by atoms with Gasteiger partial charge in [-0.15, -0.1) is 0 Å². The highest BCUT2D eigenvalue weighted by molar-refractivity contribution is 5.73. The van der Waals surface area contributed by atoms with E-state index in [1.54, 1.807) is 0 Å². The molecule has 17 N–H and O–H groups in total. The highest BCUT2D eigenvalue weighted by Crippen LogP contribution is 2.38. The molecule has 0 bridgehead atoms. The molecule has 0 aromatic heterocycles. The molecule has 6 aliphatic rings. The minimum Gasteiger partial charge on any atom is -0.479 e. The topological polar surface area (TPSA) is 457 Å². The maximum atomic E-state index is 13.0. The molecule has 0 amide bonds. The molecule has 6 fully saturated rings. The van der Waals surface area contributed by atoms with E-state index < -0.39 is 197 Å². The van der Waals surface area contributed by atoms with Crippen molar-refractivity contribution in [3.8, 4) is 0 Å². The van der Waals surface area contributed by atoms with Crippen LogP contribution in [0.5, 0.6) is 0 Å². The Bertz CT molecular complexity index is 1630. The molecule has 0 radical (unpaired) electrons. The van der Waals surface area contributed by atoms with E-state index in [-0.39, 0.29) is 6.61 Å². The summed E-state index contributed by atoms with van der Waals surface area (Å²) in [7, 11) is 0. The minimum atomic E-state index is -2.37. The van der Waals surface area contributed by atoms with Crippen molar-refractivity contribution in [3.05, 3.63) is 0 Å². The van der Waals surface area contributed by atoms with Gasteiger partial charge in [0.05, 0.1) is 31.0 Å². The molecule has 0 aromatic carbocycles. The standard InChI is InChI=1S/C41H71NO28/c1-11-16(44)21(49)26(54)36(60-11)69-33-29(65-37-27(55)22(50)20(48)15(10-43)64-37)28(56)38(70-34(33)35(57)58)66-31-24(52)18(46)13(3)62-40(31)68-32-25(53)19(47)14(4)63-41(32)67-30-23(51)17(45)12(2)61-39(30)59-9-7-5-6-8-42/h11-34,36-41,43-56H,5-10,42H2,1-4H3,(H,57,58)/t11?,12?,13?,14?,15?,16-,17-,18-,19-,20-,21?,22?,23?,24?,25?,26?,27?,28?,29?,30?,31?,32?,33+,34?,36-,37-,38-,39+,40-,41-/m0/s1. The lowest BCUT2D eigenvalue weighted by Crippen LogP contribution is -2.69. The number of unbranched alkanes of at least 4 members (excludes halogenated alkanes) is 2. The number of aliphatic hydroxyl groups is 14. The van der Waals surface area contributed by atoms with Gasteiger partial charge < -0.3 is 139 Å². The predicted octanol–water partition coefficient (Wildman–Crippen LogP) is -8.74. The van der Waals surface area contributed by atoms with Crippen LogP contribution in [0.3, 0.4) is 0 Å². The second kappa shape index (κ2) is 24.8. The molecule has 0 aliphatic carbocycles. The van der Waals surface area contributed by atoms with Gasteiger partial charge >= 0.3 is 5.97 Å². The number of aliphatic carboxylic acids is 1. The van der Waals surface area contributed by atoms with E-state index in [1.165, 1.54) is 27.7 Å². The molecule has 408 valence electrons. The number of aliphatic hydroxyl groups excluding tert-OH is 14. The fourth-order valence-corrected chi connectivity index (χ4v) is 8.94. The Morgan fingerprint density at radius 3 is 1.29 bits per heavy atom. The lowest BCUT2D eigenvalue weighted by Gasteiger charge is -2.50. The van der Waals surface area contributed by atoms with Crippen LogP contribution in [0, 0.1) is 0 Å². The average molecular weight is 1030 g/mol. The molecule has 6 rings (SSSR count). The Morgan fingerprint density at radius 1 is 0.414 bits per heavy atom. The Hall–Kier alpha value is -1.61. The molecule has 0 saturated carbocycles. The second-order valence-corrected chi connectivity index (χ2v) is 18.4. The van der Waals surface area contributed by atoms with Gasteiger partial charge in [0.1, 0.15) is 116 Å². The van der Waals surface area contributed by atoms with Gasteiger partial charge in [-0.3, -0.25) is 0 Å². The zero-order chi connectivity index (χ0) is 51.6. The third-order valence-corrected chi connectivity index (χ3v) is 13.4. The van der Waals surface area contributed by atoms with E-state index in [9.17, 15) is 81.4 Å².